The summed E-state index contributed by atoms with van der Waals surface area (Å²) in [7, 11) is 0. The standard InChI is InChI=1S/C26H30N2O3S/c1-2-31-25(30)23-20-14-15-26(17-27,19-10-4-3-5-11-19)16-21(20)32-24(23)28-22(29)13-12-18-8-6-7-9-18/h3-5,10-11,18H,2,6-9,12-16H2,1H3,(H,28,29)/t26-/m1/s1. The number of amides is 1. The van der Waals surface area contributed by atoms with Crippen LogP contribution < -0.4 is 5.32 Å². The fraction of sp³-hybridized carbons (Fsp3) is 0.500. The van der Waals surface area contributed by atoms with Crippen LogP contribution in [0.15, 0.2) is 30.3 Å². The molecule has 1 aromatic heterocycles. The molecule has 0 unspecified atom stereocenters. The minimum absolute atomic E-state index is 0.0457. The minimum atomic E-state index is -0.616. The lowest BCUT2D eigenvalue weighted by atomic mass is 9.70. The molecule has 2 aliphatic rings. The van der Waals surface area contributed by atoms with Crippen LogP contribution >= 0.6 is 11.3 Å². The first-order valence-electron chi connectivity index (χ1n) is 11.6. The molecule has 1 fully saturated rings. The number of nitriles is 1. The van der Waals surface area contributed by atoms with E-state index in [9.17, 15) is 14.9 Å². The second-order valence-electron chi connectivity index (χ2n) is 8.90. The van der Waals surface area contributed by atoms with E-state index >= 15 is 0 Å². The summed E-state index contributed by atoms with van der Waals surface area (Å²) in [6, 6.07) is 12.4. The van der Waals surface area contributed by atoms with Crippen LogP contribution in [0.1, 0.15) is 78.2 Å². The Labute approximate surface area is 193 Å². The smallest absolute Gasteiger partial charge is 0.341 e. The number of carbonyl (C=O) groups is 2. The number of fused-ring (bicyclic) bond motifs is 1. The van der Waals surface area contributed by atoms with Gasteiger partial charge in [0, 0.05) is 17.7 Å². The zero-order chi connectivity index (χ0) is 22.6. The Morgan fingerprint density at radius 1 is 1.25 bits per heavy atom. The van der Waals surface area contributed by atoms with Gasteiger partial charge < -0.3 is 10.1 Å². The Hall–Kier alpha value is -2.65. The molecule has 1 atom stereocenters. The minimum Gasteiger partial charge on any atom is -0.462 e. The van der Waals surface area contributed by atoms with Gasteiger partial charge in [0.15, 0.2) is 0 Å². The molecule has 1 N–H and O–H groups in total. The first kappa shape index (κ1) is 22.5. The highest BCUT2D eigenvalue weighted by Crippen LogP contribution is 2.45. The van der Waals surface area contributed by atoms with E-state index in [1.54, 1.807) is 6.92 Å². The average Bonchev–Trinajstić information content (AvgIpc) is 3.45. The molecule has 1 aromatic carbocycles. The fourth-order valence-corrected chi connectivity index (χ4v) is 6.48. The molecule has 0 saturated heterocycles. The van der Waals surface area contributed by atoms with Gasteiger partial charge in [-0.2, -0.15) is 5.26 Å². The van der Waals surface area contributed by atoms with Crippen molar-refractivity contribution in [2.75, 3.05) is 11.9 Å². The Bertz CT molecular complexity index is 1020. The van der Waals surface area contributed by atoms with Crippen LogP contribution in [0.5, 0.6) is 0 Å². The van der Waals surface area contributed by atoms with E-state index in [0.717, 1.165) is 22.4 Å². The summed E-state index contributed by atoms with van der Waals surface area (Å²) < 4.78 is 5.33. The number of carbonyl (C=O) groups excluding carboxylic acids is 2. The number of ether oxygens (including phenoxy) is 1. The van der Waals surface area contributed by atoms with Crippen LogP contribution in [-0.2, 0) is 27.8 Å². The van der Waals surface area contributed by atoms with Gasteiger partial charge in [0.1, 0.15) is 5.00 Å². The van der Waals surface area contributed by atoms with E-state index in [-0.39, 0.29) is 18.5 Å². The highest BCUT2D eigenvalue weighted by molar-refractivity contribution is 7.17. The molecule has 0 radical (unpaired) electrons. The number of esters is 1. The van der Waals surface area contributed by atoms with Crippen molar-refractivity contribution >= 4 is 28.2 Å². The number of nitrogens with one attached hydrogen (secondary N) is 1. The van der Waals surface area contributed by atoms with E-state index in [0.29, 0.717) is 42.2 Å². The molecule has 168 valence electrons. The third kappa shape index (κ3) is 4.59. The van der Waals surface area contributed by atoms with Crippen molar-refractivity contribution < 1.29 is 14.3 Å². The summed E-state index contributed by atoms with van der Waals surface area (Å²) in [5.74, 6) is 0.208. The maximum absolute atomic E-state index is 12.8. The zero-order valence-electron chi connectivity index (χ0n) is 18.6. The van der Waals surface area contributed by atoms with Gasteiger partial charge in [-0.3, -0.25) is 4.79 Å². The molecule has 0 spiro atoms. The normalized spacial score (nSPS) is 20.4. The van der Waals surface area contributed by atoms with Crippen LogP contribution in [0.2, 0.25) is 0 Å². The SMILES string of the molecule is CCOC(=O)c1c(NC(=O)CCC2CCCC2)sc2c1CC[C@@](C#N)(c1ccccc1)C2. The number of benzene rings is 1. The highest BCUT2D eigenvalue weighted by atomic mass is 32.1. The molecular formula is C26H30N2O3S. The summed E-state index contributed by atoms with van der Waals surface area (Å²) in [4.78, 5) is 26.5. The molecule has 6 heteroatoms. The molecule has 2 aromatic rings. The lowest BCUT2D eigenvalue weighted by molar-refractivity contribution is -0.116. The lowest BCUT2D eigenvalue weighted by Crippen LogP contribution is -2.31. The quantitative estimate of drug-likeness (QED) is 0.542. The zero-order valence-corrected chi connectivity index (χ0v) is 19.4. The predicted octanol–water partition coefficient (Wildman–Crippen LogP) is 5.78. The van der Waals surface area contributed by atoms with E-state index in [1.807, 2.05) is 30.3 Å². The van der Waals surface area contributed by atoms with Crippen molar-refractivity contribution in [2.45, 2.75) is 70.1 Å². The summed E-state index contributed by atoms with van der Waals surface area (Å²) in [5.41, 5.74) is 1.80. The lowest BCUT2D eigenvalue weighted by Gasteiger charge is -2.31. The number of anilines is 1. The molecular weight excluding hydrogens is 420 g/mol. The summed E-state index contributed by atoms with van der Waals surface area (Å²) >= 11 is 1.43. The first-order valence-corrected chi connectivity index (χ1v) is 12.5. The maximum Gasteiger partial charge on any atom is 0.341 e. The molecule has 0 aliphatic heterocycles. The van der Waals surface area contributed by atoms with Crippen LogP contribution in [0.25, 0.3) is 0 Å². The van der Waals surface area contributed by atoms with Gasteiger partial charge in [0.25, 0.3) is 0 Å². The van der Waals surface area contributed by atoms with E-state index in [4.69, 9.17) is 4.74 Å². The van der Waals surface area contributed by atoms with Gasteiger partial charge in [-0.25, -0.2) is 4.79 Å². The molecule has 1 heterocycles. The molecule has 1 amide bonds. The number of nitrogens with zero attached hydrogens (tertiary/aromatic N) is 1. The third-order valence-electron chi connectivity index (χ3n) is 6.88. The third-order valence-corrected chi connectivity index (χ3v) is 8.03. The van der Waals surface area contributed by atoms with Gasteiger partial charge in [-0.15, -0.1) is 11.3 Å². The van der Waals surface area contributed by atoms with E-state index in [2.05, 4.69) is 11.4 Å². The first-order chi connectivity index (χ1) is 15.6. The topological polar surface area (TPSA) is 79.2 Å². The molecule has 5 nitrogen and oxygen atoms in total. The van der Waals surface area contributed by atoms with Gasteiger partial charge in [0.2, 0.25) is 5.91 Å². The number of rotatable bonds is 7. The molecule has 1 saturated carbocycles. The van der Waals surface area contributed by atoms with Crippen LogP contribution in [0, 0.1) is 17.2 Å². The van der Waals surface area contributed by atoms with Gasteiger partial charge in [-0.05, 0) is 43.2 Å². The molecule has 2 aliphatic carbocycles. The summed E-state index contributed by atoms with van der Waals surface area (Å²) in [6.45, 7) is 2.07. The van der Waals surface area contributed by atoms with Crippen molar-refractivity contribution in [3.8, 4) is 6.07 Å². The Balaban J connectivity index is 1.59. The van der Waals surface area contributed by atoms with Crippen LogP contribution in [-0.4, -0.2) is 18.5 Å². The molecule has 4 rings (SSSR count). The van der Waals surface area contributed by atoms with Gasteiger partial charge in [-0.1, -0.05) is 56.0 Å². The second kappa shape index (κ2) is 9.87. The van der Waals surface area contributed by atoms with Gasteiger partial charge >= 0.3 is 5.97 Å². The number of thiophene rings is 1. The number of hydrogen-bond acceptors (Lipinski definition) is 5. The second-order valence-corrected chi connectivity index (χ2v) is 10.0. The van der Waals surface area contributed by atoms with Crippen molar-refractivity contribution in [2.24, 2.45) is 5.92 Å². The fourth-order valence-electron chi connectivity index (χ4n) is 5.11. The van der Waals surface area contributed by atoms with Crippen molar-refractivity contribution in [3.63, 3.8) is 0 Å². The summed E-state index contributed by atoms with van der Waals surface area (Å²) in [5, 5.41) is 13.7. The van der Waals surface area contributed by atoms with Crippen LogP contribution in [0.3, 0.4) is 0 Å². The summed E-state index contributed by atoms with van der Waals surface area (Å²) in [6.07, 6.45) is 8.11. The van der Waals surface area contributed by atoms with Crippen molar-refractivity contribution in [3.05, 3.63) is 51.9 Å². The van der Waals surface area contributed by atoms with Crippen molar-refractivity contribution in [1.29, 1.82) is 5.26 Å². The molecule has 32 heavy (non-hydrogen) atoms. The highest BCUT2D eigenvalue weighted by Gasteiger charge is 2.40. The monoisotopic (exact) mass is 450 g/mol. The van der Waals surface area contributed by atoms with Gasteiger partial charge in [0.05, 0.1) is 23.7 Å². The van der Waals surface area contributed by atoms with E-state index in [1.165, 1.54) is 37.0 Å². The van der Waals surface area contributed by atoms with Crippen LogP contribution in [0.4, 0.5) is 5.00 Å². The van der Waals surface area contributed by atoms with Crippen molar-refractivity contribution in [1.82, 2.24) is 0 Å². The largest absolute Gasteiger partial charge is 0.462 e. The average molecular weight is 451 g/mol. The van der Waals surface area contributed by atoms with E-state index < -0.39 is 5.41 Å². The predicted molar refractivity (Wildman–Crippen MR) is 126 cm³/mol. The number of hydrogen-bond donors (Lipinski definition) is 1. The Morgan fingerprint density at radius 3 is 2.69 bits per heavy atom. The Morgan fingerprint density at radius 2 is 2.00 bits per heavy atom. The maximum atomic E-state index is 12.8. The molecule has 0 bridgehead atoms. The Kier molecular flexibility index (Phi) is 6.95.